The SMILES string of the molecule is CCCOC(=O)C(C)(P=O)C(C(=O)c1c(C)cc(C)cc1C)C(C)C. The van der Waals surface area contributed by atoms with Gasteiger partial charge in [0.15, 0.2) is 19.4 Å². The molecular formula is C20H29O4P. The Morgan fingerprint density at radius 1 is 1.16 bits per heavy atom. The summed E-state index contributed by atoms with van der Waals surface area (Å²) in [7, 11) is -0.395. The molecule has 2 unspecified atom stereocenters. The molecule has 0 aromatic heterocycles. The third kappa shape index (κ3) is 4.55. The fraction of sp³-hybridized carbons (Fsp3) is 0.600. The second-order valence-electron chi connectivity index (χ2n) is 7.23. The van der Waals surface area contributed by atoms with Crippen LogP contribution >= 0.6 is 8.46 Å². The molecule has 25 heavy (non-hydrogen) atoms. The van der Waals surface area contributed by atoms with Crippen molar-refractivity contribution in [2.75, 3.05) is 6.61 Å². The molecule has 0 bridgehead atoms. The number of benzene rings is 1. The van der Waals surface area contributed by atoms with Gasteiger partial charge in [-0.25, -0.2) is 0 Å². The molecular weight excluding hydrogens is 335 g/mol. The van der Waals surface area contributed by atoms with Crippen LogP contribution in [0.3, 0.4) is 0 Å². The second kappa shape index (κ2) is 8.71. The van der Waals surface area contributed by atoms with Gasteiger partial charge in [0.2, 0.25) is 0 Å². The first-order valence-corrected chi connectivity index (χ1v) is 9.55. The van der Waals surface area contributed by atoms with Crippen LogP contribution in [-0.4, -0.2) is 23.5 Å². The summed E-state index contributed by atoms with van der Waals surface area (Å²) in [5, 5.41) is -1.40. The van der Waals surface area contributed by atoms with Gasteiger partial charge in [-0.05, 0) is 51.2 Å². The minimum Gasteiger partial charge on any atom is -0.465 e. The Bertz CT molecular complexity index is 643. The van der Waals surface area contributed by atoms with Crippen LogP contribution in [0.15, 0.2) is 12.1 Å². The van der Waals surface area contributed by atoms with Crippen molar-refractivity contribution in [1.82, 2.24) is 0 Å². The highest BCUT2D eigenvalue weighted by atomic mass is 31.1. The summed E-state index contributed by atoms with van der Waals surface area (Å²) in [5.74, 6) is -1.62. The fourth-order valence-electron chi connectivity index (χ4n) is 3.49. The Morgan fingerprint density at radius 3 is 2.08 bits per heavy atom. The van der Waals surface area contributed by atoms with Crippen LogP contribution < -0.4 is 0 Å². The quantitative estimate of drug-likeness (QED) is 0.367. The summed E-state index contributed by atoms with van der Waals surface area (Å²) < 4.78 is 17.2. The van der Waals surface area contributed by atoms with Crippen LogP contribution in [-0.2, 0) is 14.1 Å². The van der Waals surface area contributed by atoms with E-state index in [1.54, 1.807) is 6.92 Å². The van der Waals surface area contributed by atoms with Crippen molar-refractivity contribution in [2.24, 2.45) is 11.8 Å². The van der Waals surface area contributed by atoms with E-state index < -0.39 is 25.5 Å². The van der Waals surface area contributed by atoms with Crippen molar-refractivity contribution in [3.05, 3.63) is 34.4 Å². The maximum absolute atomic E-state index is 13.4. The molecule has 0 radical (unpaired) electrons. The molecule has 2 atom stereocenters. The number of hydrogen-bond donors (Lipinski definition) is 0. The van der Waals surface area contributed by atoms with E-state index >= 15 is 0 Å². The zero-order valence-electron chi connectivity index (χ0n) is 16.3. The van der Waals surface area contributed by atoms with E-state index in [-0.39, 0.29) is 18.3 Å². The van der Waals surface area contributed by atoms with Crippen LogP contribution in [0.25, 0.3) is 0 Å². The van der Waals surface area contributed by atoms with Crippen LogP contribution in [0.4, 0.5) is 0 Å². The lowest BCUT2D eigenvalue weighted by Gasteiger charge is -2.32. The van der Waals surface area contributed by atoms with Gasteiger partial charge in [-0.3, -0.25) is 14.2 Å². The number of esters is 1. The van der Waals surface area contributed by atoms with Crippen molar-refractivity contribution in [3.63, 3.8) is 0 Å². The summed E-state index contributed by atoms with van der Waals surface area (Å²) in [4.78, 5) is 26.0. The molecule has 138 valence electrons. The Hall–Kier alpha value is -1.54. The predicted molar refractivity (Wildman–Crippen MR) is 101 cm³/mol. The fourth-order valence-corrected chi connectivity index (χ4v) is 4.16. The average Bonchev–Trinajstić information content (AvgIpc) is 2.50. The van der Waals surface area contributed by atoms with Gasteiger partial charge >= 0.3 is 5.97 Å². The molecule has 0 heterocycles. The monoisotopic (exact) mass is 364 g/mol. The normalized spacial score (nSPS) is 15.0. The first kappa shape index (κ1) is 21.5. The van der Waals surface area contributed by atoms with Gasteiger partial charge in [0.1, 0.15) is 0 Å². The number of Topliss-reactive ketones (excluding diaryl/α,β-unsaturated/α-hetero) is 1. The van der Waals surface area contributed by atoms with Crippen molar-refractivity contribution in [1.29, 1.82) is 0 Å². The predicted octanol–water partition coefficient (Wildman–Crippen LogP) is 5.07. The molecule has 1 aromatic rings. The molecule has 1 rings (SSSR count). The van der Waals surface area contributed by atoms with Gasteiger partial charge in [-0.1, -0.05) is 38.5 Å². The second-order valence-corrected chi connectivity index (χ2v) is 8.35. The molecule has 0 aliphatic rings. The zero-order valence-corrected chi connectivity index (χ0v) is 17.2. The first-order valence-electron chi connectivity index (χ1n) is 8.73. The third-order valence-electron chi connectivity index (χ3n) is 4.52. The van der Waals surface area contributed by atoms with Crippen molar-refractivity contribution in [2.45, 2.75) is 60.0 Å². The Balaban J connectivity index is 3.42. The summed E-state index contributed by atoms with van der Waals surface area (Å²) in [6.45, 7) is 13.2. The summed E-state index contributed by atoms with van der Waals surface area (Å²) >= 11 is 0. The van der Waals surface area contributed by atoms with Gasteiger partial charge in [-0.15, -0.1) is 0 Å². The number of carbonyl (C=O) groups is 2. The van der Waals surface area contributed by atoms with Gasteiger partial charge < -0.3 is 4.74 Å². The van der Waals surface area contributed by atoms with Gasteiger partial charge in [-0.2, -0.15) is 0 Å². The smallest absolute Gasteiger partial charge is 0.324 e. The van der Waals surface area contributed by atoms with E-state index in [0.29, 0.717) is 12.0 Å². The number of ketones is 1. The molecule has 0 aliphatic carbocycles. The van der Waals surface area contributed by atoms with Gasteiger partial charge in [0, 0.05) is 5.56 Å². The molecule has 1 aromatic carbocycles. The van der Waals surface area contributed by atoms with Crippen molar-refractivity contribution >= 4 is 20.2 Å². The van der Waals surface area contributed by atoms with Crippen LogP contribution in [0.5, 0.6) is 0 Å². The van der Waals surface area contributed by atoms with E-state index in [2.05, 4.69) is 0 Å². The highest BCUT2D eigenvalue weighted by Crippen LogP contribution is 2.40. The summed E-state index contributed by atoms with van der Waals surface area (Å²) in [6, 6.07) is 3.92. The molecule has 0 aliphatic heterocycles. The minimum atomic E-state index is -1.40. The average molecular weight is 364 g/mol. The van der Waals surface area contributed by atoms with Gasteiger partial charge in [0.05, 0.1) is 12.5 Å². The Labute approximate surface area is 152 Å². The van der Waals surface area contributed by atoms with Crippen LogP contribution in [0, 0.1) is 32.6 Å². The molecule has 0 saturated heterocycles. The lowest BCUT2D eigenvalue weighted by molar-refractivity contribution is -0.147. The number of ether oxygens (including phenoxy) is 1. The number of aryl methyl sites for hydroxylation is 3. The first-order chi connectivity index (χ1) is 11.6. The number of carbonyl (C=O) groups excluding carboxylic acids is 2. The maximum atomic E-state index is 13.4. The standard InChI is InChI=1S/C20H29O4P/c1-8-9-24-19(22)20(7,25-23)17(12(2)3)18(21)16-14(5)10-13(4)11-15(16)6/h10-12,17H,8-9H2,1-7H3. The minimum absolute atomic E-state index is 0.149. The van der Waals surface area contributed by atoms with E-state index in [0.717, 1.165) is 16.7 Å². The topological polar surface area (TPSA) is 60.4 Å². The van der Waals surface area contributed by atoms with E-state index in [1.807, 2.05) is 53.7 Å². The Kier molecular flexibility index (Phi) is 7.49. The highest BCUT2D eigenvalue weighted by molar-refractivity contribution is 7.27. The molecule has 0 fully saturated rings. The van der Waals surface area contributed by atoms with E-state index in [1.165, 1.54) is 0 Å². The van der Waals surface area contributed by atoms with Gasteiger partial charge in [0.25, 0.3) is 0 Å². The summed E-state index contributed by atoms with van der Waals surface area (Å²) in [5.41, 5.74) is 3.45. The van der Waals surface area contributed by atoms with E-state index in [4.69, 9.17) is 4.74 Å². The summed E-state index contributed by atoms with van der Waals surface area (Å²) in [6.07, 6.45) is 0.675. The van der Waals surface area contributed by atoms with Crippen LogP contribution in [0.1, 0.15) is 61.2 Å². The molecule has 0 saturated carbocycles. The lowest BCUT2D eigenvalue weighted by Crippen LogP contribution is -2.46. The maximum Gasteiger partial charge on any atom is 0.324 e. The number of rotatable bonds is 8. The highest BCUT2D eigenvalue weighted by Gasteiger charge is 2.49. The Morgan fingerprint density at radius 2 is 1.68 bits per heavy atom. The molecule has 0 spiro atoms. The molecule has 4 nitrogen and oxygen atoms in total. The van der Waals surface area contributed by atoms with E-state index in [9.17, 15) is 14.2 Å². The number of hydrogen-bond acceptors (Lipinski definition) is 4. The lowest BCUT2D eigenvalue weighted by atomic mass is 9.76. The zero-order chi connectivity index (χ0) is 19.4. The third-order valence-corrected chi connectivity index (χ3v) is 5.36. The largest absolute Gasteiger partial charge is 0.465 e. The molecule has 0 amide bonds. The molecule has 5 heteroatoms. The van der Waals surface area contributed by atoms with Crippen molar-refractivity contribution < 1.29 is 18.9 Å². The van der Waals surface area contributed by atoms with Crippen molar-refractivity contribution in [3.8, 4) is 0 Å². The van der Waals surface area contributed by atoms with Crippen LogP contribution in [0.2, 0.25) is 0 Å². The molecule has 0 N–H and O–H groups in total.